The van der Waals surface area contributed by atoms with Crippen molar-refractivity contribution >= 4 is 24.4 Å². The summed E-state index contributed by atoms with van der Waals surface area (Å²) in [6.07, 6.45) is 2.09. The largest absolute Gasteiger partial charge is 0.491 e. The molecule has 7 heteroatoms. The summed E-state index contributed by atoms with van der Waals surface area (Å²) in [5.74, 6) is -0.110. The molecule has 3 aliphatic rings. The predicted octanol–water partition coefficient (Wildman–Crippen LogP) is -0.691. The molecule has 2 heterocycles. The maximum Gasteiger partial charge on any atom is 0.491 e. The van der Waals surface area contributed by atoms with E-state index in [-0.39, 0.29) is 18.4 Å². The lowest BCUT2D eigenvalue weighted by Crippen LogP contribution is -2.33. The zero-order chi connectivity index (χ0) is 14.6. The van der Waals surface area contributed by atoms with E-state index in [4.69, 9.17) is 4.65 Å². The summed E-state index contributed by atoms with van der Waals surface area (Å²) in [5.41, 5.74) is 2.08. The maximum absolute atomic E-state index is 12.5. The Hall–Kier alpha value is -1.86. The average Bonchev–Trinajstić information content (AvgIpc) is 3.16. The molecule has 1 aliphatic carbocycles. The summed E-state index contributed by atoms with van der Waals surface area (Å²) in [5, 5.41) is 9.59. The van der Waals surface area contributed by atoms with Crippen molar-refractivity contribution in [2.24, 2.45) is 0 Å². The molecule has 1 saturated heterocycles. The van der Waals surface area contributed by atoms with Crippen molar-refractivity contribution in [1.29, 1.82) is 0 Å². The number of rotatable bonds is 2. The molecule has 6 nitrogen and oxygen atoms in total. The van der Waals surface area contributed by atoms with Gasteiger partial charge >= 0.3 is 7.12 Å². The molecular formula is C14H15BN2O4. The summed E-state index contributed by atoms with van der Waals surface area (Å²) in [7, 11) is -0.900. The molecule has 2 fully saturated rings. The third-order valence-electron chi connectivity index (χ3n) is 4.30. The smallest absolute Gasteiger partial charge is 0.423 e. The van der Waals surface area contributed by atoms with Crippen LogP contribution in [0.25, 0.3) is 0 Å². The number of hydrogen-bond acceptors (Lipinski definition) is 4. The van der Waals surface area contributed by atoms with Gasteiger partial charge in [-0.05, 0) is 36.0 Å². The molecule has 108 valence electrons. The van der Waals surface area contributed by atoms with Gasteiger partial charge in [-0.1, -0.05) is 6.07 Å². The molecule has 2 aliphatic heterocycles. The van der Waals surface area contributed by atoms with Crippen molar-refractivity contribution in [3.8, 4) is 0 Å². The number of benzene rings is 1. The van der Waals surface area contributed by atoms with Gasteiger partial charge in [-0.3, -0.25) is 9.59 Å². The minimum absolute atomic E-state index is 0.0331. The molecule has 0 atom stereocenters. The predicted molar refractivity (Wildman–Crippen MR) is 74.6 cm³/mol. The summed E-state index contributed by atoms with van der Waals surface area (Å²) < 4.78 is 5.13. The van der Waals surface area contributed by atoms with Crippen LogP contribution in [0.3, 0.4) is 0 Å². The van der Waals surface area contributed by atoms with Gasteiger partial charge in [0.15, 0.2) is 0 Å². The Morgan fingerprint density at radius 2 is 2.19 bits per heavy atom. The first-order valence-electron chi connectivity index (χ1n) is 7.15. The molecule has 2 amide bonds. The van der Waals surface area contributed by atoms with Gasteiger partial charge in [0.05, 0.1) is 13.3 Å². The van der Waals surface area contributed by atoms with Crippen molar-refractivity contribution in [1.82, 2.24) is 9.80 Å². The van der Waals surface area contributed by atoms with Crippen LogP contribution in [-0.4, -0.2) is 53.0 Å². The van der Waals surface area contributed by atoms with E-state index in [2.05, 4.69) is 0 Å². The Kier molecular flexibility index (Phi) is 2.80. The van der Waals surface area contributed by atoms with Gasteiger partial charge in [-0.15, -0.1) is 0 Å². The van der Waals surface area contributed by atoms with E-state index in [9.17, 15) is 14.6 Å². The highest BCUT2D eigenvalue weighted by atomic mass is 16.5. The van der Waals surface area contributed by atoms with Crippen LogP contribution in [0.15, 0.2) is 18.2 Å². The first kappa shape index (κ1) is 12.9. The van der Waals surface area contributed by atoms with Crippen LogP contribution in [0.1, 0.15) is 28.8 Å². The van der Waals surface area contributed by atoms with Crippen LogP contribution in [0.5, 0.6) is 0 Å². The minimum Gasteiger partial charge on any atom is -0.423 e. The van der Waals surface area contributed by atoms with E-state index in [1.165, 1.54) is 0 Å². The van der Waals surface area contributed by atoms with Crippen molar-refractivity contribution in [2.45, 2.75) is 25.5 Å². The molecule has 1 aromatic carbocycles. The van der Waals surface area contributed by atoms with Gasteiger partial charge in [0.1, 0.15) is 6.54 Å². The molecule has 0 bridgehead atoms. The number of nitrogens with zero attached hydrogens (tertiary/aromatic N) is 2. The molecule has 21 heavy (non-hydrogen) atoms. The van der Waals surface area contributed by atoms with Crippen molar-refractivity contribution in [3.05, 3.63) is 29.3 Å². The number of amides is 2. The van der Waals surface area contributed by atoms with Gasteiger partial charge in [0, 0.05) is 11.6 Å². The van der Waals surface area contributed by atoms with E-state index in [1.54, 1.807) is 28.0 Å². The van der Waals surface area contributed by atoms with Crippen LogP contribution in [0, 0.1) is 0 Å². The fraction of sp³-hybridized carbons (Fsp3) is 0.429. The third kappa shape index (κ3) is 2.13. The van der Waals surface area contributed by atoms with Crippen LogP contribution in [-0.2, 0) is 16.1 Å². The van der Waals surface area contributed by atoms with E-state index in [0.717, 1.165) is 18.4 Å². The lowest BCUT2D eigenvalue weighted by atomic mass is 9.79. The van der Waals surface area contributed by atoms with E-state index < -0.39 is 7.12 Å². The number of carbonyl (C=O) groups is 2. The van der Waals surface area contributed by atoms with Gasteiger partial charge in [0.2, 0.25) is 5.91 Å². The fourth-order valence-corrected chi connectivity index (χ4v) is 2.95. The Morgan fingerprint density at radius 1 is 1.38 bits per heavy atom. The van der Waals surface area contributed by atoms with Crippen LogP contribution in [0.2, 0.25) is 0 Å². The van der Waals surface area contributed by atoms with E-state index in [0.29, 0.717) is 30.3 Å². The molecule has 0 aromatic heterocycles. The molecule has 0 radical (unpaired) electrons. The standard InChI is InChI=1S/C14H15BN2O4/c18-13-6-16(8-17(13)11-2-3-11)14(19)9-1-4-12-10(5-9)7-21-15(12)20/h1,4-5,11,20H,2-3,6-8H2. The molecular weight excluding hydrogens is 271 g/mol. The monoisotopic (exact) mass is 286 g/mol. The lowest BCUT2D eigenvalue weighted by Gasteiger charge is -2.18. The van der Waals surface area contributed by atoms with Crippen molar-refractivity contribution in [3.63, 3.8) is 0 Å². The van der Waals surface area contributed by atoms with Crippen molar-refractivity contribution in [2.75, 3.05) is 13.2 Å². The SMILES string of the molecule is O=C(c1ccc2c(c1)COB2O)N1CC(=O)N(C2CC2)C1. The highest BCUT2D eigenvalue weighted by Gasteiger charge is 2.40. The topological polar surface area (TPSA) is 70.1 Å². The second-order valence-corrected chi connectivity index (χ2v) is 5.82. The quantitative estimate of drug-likeness (QED) is 0.731. The van der Waals surface area contributed by atoms with Crippen LogP contribution in [0.4, 0.5) is 0 Å². The summed E-state index contributed by atoms with van der Waals surface area (Å²) in [6, 6.07) is 5.48. The van der Waals surface area contributed by atoms with Crippen LogP contribution >= 0.6 is 0 Å². The van der Waals surface area contributed by atoms with Gasteiger partial charge in [-0.2, -0.15) is 0 Å². The van der Waals surface area contributed by atoms with Gasteiger partial charge < -0.3 is 19.5 Å². The summed E-state index contributed by atoms with van der Waals surface area (Å²) in [4.78, 5) is 27.8. The second kappa shape index (κ2) is 4.57. The van der Waals surface area contributed by atoms with E-state index >= 15 is 0 Å². The normalized spacial score (nSPS) is 21.2. The first-order valence-corrected chi connectivity index (χ1v) is 7.15. The molecule has 4 rings (SSSR count). The summed E-state index contributed by atoms with van der Waals surface area (Å²) >= 11 is 0. The second-order valence-electron chi connectivity index (χ2n) is 5.82. The highest BCUT2D eigenvalue weighted by molar-refractivity contribution is 6.61. The molecule has 0 unspecified atom stereocenters. The van der Waals surface area contributed by atoms with Gasteiger partial charge in [0.25, 0.3) is 5.91 Å². The zero-order valence-electron chi connectivity index (χ0n) is 11.5. The third-order valence-corrected chi connectivity index (χ3v) is 4.30. The zero-order valence-corrected chi connectivity index (χ0v) is 11.5. The minimum atomic E-state index is -0.900. The Balaban J connectivity index is 1.54. The Labute approximate surface area is 122 Å². The number of carbonyl (C=O) groups excluding carboxylic acids is 2. The Bertz CT molecular complexity index is 631. The number of hydrogen-bond donors (Lipinski definition) is 1. The summed E-state index contributed by atoms with van der Waals surface area (Å²) in [6.45, 7) is 0.856. The average molecular weight is 286 g/mol. The molecule has 1 N–H and O–H groups in total. The fourth-order valence-electron chi connectivity index (χ4n) is 2.95. The molecule has 1 aromatic rings. The molecule has 0 spiro atoms. The highest BCUT2D eigenvalue weighted by Crippen LogP contribution is 2.29. The Morgan fingerprint density at radius 3 is 2.95 bits per heavy atom. The van der Waals surface area contributed by atoms with Crippen LogP contribution < -0.4 is 5.46 Å². The van der Waals surface area contributed by atoms with E-state index in [1.807, 2.05) is 0 Å². The van der Waals surface area contributed by atoms with Crippen molar-refractivity contribution < 1.29 is 19.3 Å². The molecule has 1 saturated carbocycles. The first-order chi connectivity index (χ1) is 10.1. The van der Waals surface area contributed by atoms with Gasteiger partial charge in [-0.25, -0.2) is 0 Å². The maximum atomic E-state index is 12.5. The number of fused-ring (bicyclic) bond motifs is 1. The lowest BCUT2D eigenvalue weighted by molar-refractivity contribution is -0.127.